The highest BCUT2D eigenvalue weighted by molar-refractivity contribution is 6.01. The Morgan fingerprint density at radius 1 is 1.10 bits per heavy atom. The van der Waals surface area contributed by atoms with Crippen molar-refractivity contribution in [2.45, 2.75) is 18.9 Å². The first-order valence-corrected chi connectivity index (χ1v) is 9.06. The van der Waals surface area contributed by atoms with E-state index in [4.69, 9.17) is 14.2 Å². The fraction of sp³-hybridized carbons (Fsp3) is 0.333. The van der Waals surface area contributed by atoms with Crippen LogP contribution in [0.25, 0.3) is 0 Å². The van der Waals surface area contributed by atoms with Gasteiger partial charge in [-0.1, -0.05) is 12.1 Å². The van der Waals surface area contributed by atoms with Crippen LogP contribution in [0.2, 0.25) is 0 Å². The third-order valence-electron chi connectivity index (χ3n) is 5.09. The highest BCUT2D eigenvalue weighted by atomic mass is 16.5. The molecule has 154 valence electrons. The van der Waals surface area contributed by atoms with E-state index in [1.807, 2.05) is 0 Å². The lowest BCUT2D eigenvalue weighted by Gasteiger charge is -2.39. The molecule has 0 aliphatic carbocycles. The number of para-hydroxylation sites is 1. The molecule has 2 N–H and O–H groups in total. The van der Waals surface area contributed by atoms with Crippen molar-refractivity contribution >= 4 is 11.9 Å². The van der Waals surface area contributed by atoms with Gasteiger partial charge < -0.3 is 29.3 Å². The molecule has 29 heavy (non-hydrogen) atoms. The largest absolute Gasteiger partial charge is 0.504 e. The molecule has 1 heterocycles. The highest BCUT2D eigenvalue weighted by Crippen LogP contribution is 2.48. The van der Waals surface area contributed by atoms with E-state index in [1.54, 1.807) is 25.1 Å². The molecule has 2 aromatic rings. The summed E-state index contributed by atoms with van der Waals surface area (Å²) in [6, 6.07) is 6.88. The Kier molecular flexibility index (Phi) is 5.54. The van der Waals surface area contributed by atoms with E-state index < -0.39 is 17.9 Å². The van der Waals surface area contributed by atoms with Crippen molar-refractivity contribution in [3.63, 3.8) is 0 Å². The van der Waals surface area contributed by atoms with Crippen LogP contribution >= 0.6 is 0 Å². The van der Waals surface area contributed by atoms with Gasteiger partial charge in [0.1, 0.15) is 5.92 Å². The van der Waals surface area contributed by atoms with E-state index in [2.05, 4.69) is 0 Å². The second-order valence-corrected chi connectivity index (χ2v) is 6.60. The summed E-state index contributed by atoms with van der Waals surface area (Å²) in [5, 5.41) is 20.8. The Hall–Kier alpha value is -3.42. The highest BCUT2D eigenvalue weighted by Gasteiger charge is 2.45. The fourth-order valence-corrected chi connectivity index (χ4v) is 3.75. The number of amides is 1. The SMILES string of the molecule is CCOc1cccc(C2C(C(=O)O)c3cc(OC)c(OC)cc3C(=O)N2C)c1O. The third-order valence-corrected chi connectivity index (χ3v) is 5.09. The number of phenols is 1. The van der Waals surface area contributed by atoms with E-state index in [-0.39, 0.29) is 23.0 Å². The van der Waals surface area contributed by atoms with Crippen LogP contribution in [-0.4, -0.2) is 54.9 Å². The summed E-state index contributed by atoms with van der Waals surface area (Å²) in [5.74, 6) is -1.95. The van der Waals surface area contributed by atoms with Gasteiger partial charge in [-0.15, -0.1) is 0 Å². The smallest absolute Gasteiger partial charge is 0.313 e. The van der Waals surface area contributed by atoms with Crippen molar-refractivity contribution in [1.82, 2.24) is 4.90 Å². The van der Waals surface area contributed by atoms with Crippen LogP contribution in [0.4, 0.5) is 0 Å². The monoisotopic (exact) mass is 401 g/mol. The van der Waals surface area contributed by atoms with Gasteiger partial charge in [0.2, 0.25) is 0 Å². The first-order valence-electron chi connectivity index (χ1n) is 9.06. The average Bonchev–Trinajstić information content (AvgIpc) is 2.71. The number of likely N-dealkylation sites (N-methyl/N-ethyl adjacent to an activating group) is 1. The van der Waals surface area contributed by atoms with Crippen molar-refractivity contribution < 1.29 is 34.0 Å². The number of ether oxygens (including phenoxy) is 3. The molecular formula is C21H23NO7. The van der Waals surface area contributed by atoms with Gasteiger partial charge in [-0.3, -0.25) is 9.59 Å². The number of carboxylic acids is 1. The Bertz CT molecular complexity index is 956. The van der Waals surface area contributed by atoms with E-state index in [9.17, 15) is 19.8 Å². The molecule has 3 rings (SSSR count). The summed E-state index contributed by atoms with van der Waals surface area (Å²) in [6.45, 7) is 2.11. The number of hydrogen-bond donors (Lipinski definition) is 2. The Balaban J connectivity index is 2.24. The number of carbonyl (C=O) groups is 2. The Morgan fingerprint density at radius 3 is 2.34 bits per heavy atom. The van der Waals surface area contributed by atoms with Crippen molar-refractivity contribution in [1.29, 1.82) is 0 Å². The predicted octanol–water partition coefficient (Wildman–Crippen LogP) is 2.80. The number of hydrogen-bond acceptors (Lipinski definition) is 6. The van der Waals surface area contributed by atoms with Gasteiger partial charge >= 0.3 is 5.97 Å². The zero-order chi connectivity index (χ0) is 21.3. The van der Waals surface area contributed by atoms with Crippen LogP contribution < -0.4 is 14.2 Å². The van der Waals surface area contributed by atoms with Crippen LogP contribution in [0.5, 0.6) is 23.0 Å². The lowest BCUT2D eigenvalue weighted by molar-refractivity contribution is -0.140. The second-order valence-electron chi connectivity index (χ2n) is 6.60. The van der Waals surface area contributed by atoms with Gasteiger partial charge in [-0.05, 0) is 30.7 Å². The van der Waals surface area contributed by atoms with Crippen molar-refractivity contribution in [2.24, 2.45) is 0 Å². The zero-order valence-corrected chi connectivity index (χ0v) is 16.6. The van der Waals surface area contributed by atoms with Crippen LogP contribution in [0.1, 0.15) is 40.4 Å². The third kappa shape index (κ3) is 3.30. The van der Waals surface area contributed by atoms with Crippen molar-refractivity contribution in [2.75, 3.05) is 27.9 Å². The maximum atomic E-state index is 13.1. The van der Waals surface area contributed by atoms with Gasteiger partial charge in [0.15, 0.2) is 23.0 Å². The molecule has 0 radical (unpaired) electrons. The summed E-state index contributed by atoms with van der Waals surface area (Å²) in [7, 11) is 4.39. The Morgan fingerprint density at radius 2 is 1.76 bits per heavy atom. The summed E-state index contributed by atoms with van der Waals surface area (Å²) in [5.41, 5.74) is 0.804. The molecule has 2 atom stereocenters. The number of aliphatic carboxylic acids is 1. The van der Waals surface area contributed by atoms with Gasteiger partial charge in [0.05, 0.1) is 26.9 Å². The molecule has 0 saturated heterocycles. The quantitative estimate of drug-likeness (QED) is 0.767. The molecule has 0 fully saturated rings. The summed E-state index contributed by atoms with van der Waals surface area (Å²) >= 11 is 0. The number of aromatic hydroxyl groups is 1. The summed E-state index contributed by atoms with van der Waals surface area (Å²) in [6.07, 6.45) is 0. The molecule has 1 amide bonds. The molecule has 2 aromatic carbocycles. The maximum Gasteiger partial charge on any atom is 0.313 e. The normalized spacial score (nSPS) is 18.2. The van der Waals surface area contributed by atoms with Crippen LogP contribution in [0, 0.1) is 0 Å². The van der Waals surface area contributed by atoms with Gasteiger partial charge in [-0.2, -0.15) is 0 Å². The van der Waals surface area contributed by atoms with Crippen LogP contribution in [0.3, 0.4) is 0 Å². The lowest BCUT2D eigenvalue weighted by Crippen LogP contribution is -2.42. The number of phenolic OH excluding ortho intramolecular Hbond substituents is 1. The van der Waals surface area contributed by atoms with E-state index >= 15 is 0 Å². The molecule has 0 spiro atoms. The summed E-state index contributed by atoms with van der Waals surface area (Å²) < 4.78 is 16.0. The van der Waals surface area contributed by atoms with E-state index in [0.29, 0.717) is 29.2 Å². The van der Waals surface area contributed by atoms with E-state index in [1.165, 1.54) is 38.3 Å². The molecule has 1 aliphatic rings. The number of methoxy groups -OCH3 is 2. The topological polar surface area (TPSA) is 106 Å². The average molecular weight is 401 g/mol. The molecule has 8 heteroatoms. The second kappa shape index (κ2) is 7.90. The minimum Gasteiger partial charge on any atom is -0.504 e. The van der Waals surface area contributed by atoms with Crippen LogP contribution in [0.15, 0.2) is 30.3 Å². The molecule has 8 nitrogen and oxygen atoms in total. The predicted molar refractivity (Wildman–Crippen MR) is 104 cm³/mol. The molecule has 0 bridgehead atoms. The van der Waals surface area contributed by atoms with Crippen molar-refractivity contribution in [3.05, 3.63) is 47.0 Å². The molecule has 0 saturated carbocycles. The number of benzene rings is 2. The van der Waals surface area contributed by atoms with Crippen molar-refractivity contribution in [3.8, 4) is 23.0 Å². The molecule has 1 aliphatic heterocycles. The lowest BCUT2D eigenvalue weighted by atomic mass is 9.79. The minimum atomic E-state index is -1.14. The first-order chi connectivity index (χ1) is 13.8. The molecule has 0 aromatic heterocycles. The first kappa shape index (κ1) is 20.3. The Labute approximate surface area is 168 Å². The van der Waals surface area contributed by atoms with Gasteiger partial charge in [0.25, 0.3) is 5.91 Å². The minimum absolute atomic E-state index is 0.186. The molecular weight excluding hydrogens is 378 g/mol. The van der Waals surface area contributed by atoms with Gasteiger partial charge in [-0.25, -0.2) is 0 Å². The standard InChI is InChI=1S/C21H23NO7/c1-5-29-14-8-6-7-11(19(14)23)18-17(21(25)26)12-9-15(27-3)16(28-4)10-13(12)20(24)22(18)2/h6-10,17-18,23H,5H2,1-4H3,(H,25,26). The number of fused-ring (bicyclic) bond motifs is 1. The fourth-order valence-electron chi connectivity index (χ4n) is 3.75. The van der Waals surface area contributed by atoms with Gasteiger partial charge in [0, 0.05) is 18.2 Å². The maximum absolute atomic E-state index is 13.1. The van der Waals surface area contributed by atoms with E-state index in [0.717, 1.165) is 0 Å². The number of carbonyl (C=O) groups excluding carboxylic acids is 1. The molecule has 2 unspecified atom stereocenters. The number of carboxylic acid groups (broad SMARTS) is 1. The number of rotatable bonds is 6. The summed E-state index contributed by atoms with van der Waals surface area (Å²) in [4.78, 5) is 26.7. The van der Waals surface area contributed by atoms with Crippen LogP contribution in [-0.2, 0) is 4.79 Å². The number of nitrogens with zero attached hydrogens (tertiary/aromatic N) is 1. The zero-order valence-electron chi connectivity index (χ0n) is 16.6.